The Morgan fingerprint density at radius 2 is 1.74 bits per heavy atom. The van der Waals surface area contributed by atoms with Crippen molar-refractivity contribution < 1.29 is 5.11 Å². The molecular formula is C33H49N7O2Si. The number of fused-ring (bicyclic) bond motifs is 1. The Hall–Kier alpha value is -3.23. The lowest BCUT2D eigenvalue weighted by molar-refractivity contribution is 0.286. The van der Waals surface area contributed by atoms with E-state index in [1.165, 1.54) is 11.3 Å². The number of hydrogen-bond acceptors (Lipinski definition) is 8. The van der Waals surface area contributed by atoms with Crippen LogP contribution in [0.4, 0.5) is 17.3 Å². The lowest BCUT2D eigenvalue weighted by Crippen LogP contribution is -2.45. The minimum Gasteiger partial charge on any atom is -0.396 e. The predicted molar refractivity (Wildman–Crippen MR) is 181 cm³/mol. The first-order valence-corrected chi connectivity index (χ1v) is 17.9. The molecule has 1 saturated heterocycles. The van der Waals surface area contributed by atoms with Crippen LogP contribution in [0.15, 0.2) is 35.3 Å². The molecule has 4 N–H and O–H groups in total. The third-order valence-electron chi connectivity index (χ3n) is 8.88. The fraction of sp³-hybridized carbons (Fsp3) is 0.545. The summed E-state index contributed by atoms with van der Waals surface area (Å²) in [4.78, 5) is 29.6. The van der Waals surface area contributed by atoms with Crippen LogP contribution in [0.3, 0.4) is 0 Å². The summed E-state index contributed by atoms with van der Waals surface area (Å²) >= 11 is 0. The molecule has 1 aliphatic rings. The Balaban J connectivity index is 1.64. The molecule has 0 radical (unpaired) electrons. The molecule has 0 saturated carbocycles. The molecule has 0 aliphatic carbocycles. The molecule has 232 valence electrons. The van der Waals surface area contributed by atoms with Crippen LogP contribution in [0.2, 0.25) is 16.6 Å². The van der Waals surface area contributed by atoms with Crippen LogP contribution in [0.1, 0.15) is 59.1 Å². The van der Waals surface area contributed by atoms with E-state index >= 15 is 0 Å². The summed E-state index contributed by atoms with van der Waals surface area (Å²) in [6, 6.07) is 7.91. The number of rotatable bonds is 11. The van der Waals surface area contributed by atoms with Gasteiger partial charge < -0.3 is 30.5 Å². The lowest BCUT2D eigenvalue weighted by atomic mass is 10.1. The smallest absolute Gasteiger partial charge is 0.250 e. The molecule has 10 heteroatoms. The zero-order valence-corrected chi connectivity index (χ0v) is 27.9. The zero-order chi connectivity index (χ0) is 31.1. The second-order valence-electron chi connectivity index (χ2n) is 12.7. The highest BCUT2D eigenvalue weighted by molar-refractivity contribution is 6.90. The predicted octanol–water partition coefficient (Wildman–Crippen LogP) is 4.86. The van der Waals surface area contributed by atoms with Crippen LogP contribution in [0.25, 0.3) is 11.0 Å². The van der Waals surface area contributed by atoms with E-state index in [9.17, 15) is 9.90 Å². The third kappa shape index (κ3) is 7.65. The lowest BCUT2D eigenvalue weighted by Gasteiger charge is -2.38. The van der Waals surface area contributed by atoms with Gasteiger partial charge in [-0.2, -0.15) is 4.98 Å². The van der Waals surface area contributed by atoms with Crippen molar-refractivity contribution in [3.63, 3.8) is 0 Å². The first-order chi connectivity index (χ1) is 20.5. The molecular weight excluding hydrogens is 554 g/mol. The molecule has 0 unspecified atom stereocenters. The topological polar surface area (TPSA) is 109 Å². The molecule has 0 atom stereocenters. The normalized spacial score (nSPS) is 14.5. The molecule has 3 aromatic rings. The number of aromatic nitrogens is 3. The average Bonchev–Trinajstić information content (AvgIpc) is 2.95. The fourth-order valence-corrected chi connectivity index (χ4v) is 11.7. The van der Waals surface area contributed by atoms with Gasteiger partial charge in [0.05, 0.1) is 5.39 Å². The number of aliphatic hydroxyl groups is 1. The quantitative estimate of drug-likeness (QED) is 0.140. The van der Waals surface area contributed by atoms with Crippen LogP contribution in [-0.4, -0.2) is 79.4 Å². The Bertz CT molecular complexity index is 1480. The first kappa shape index (κ1) is 32.7. The van der Waals surface area contributed by atoms with E-state index in [2.05, 4.69) is 114 Å². The van der Waals surface area contributed by atoms with Crippen molar-refractivity contribution in [2.45, 2.75) is 71.1 Å². The molecule has 1 fully saturated rings. The summed E-state index contributed by atoms with van der Waals surface area (Å²) in [7, 11) is 0.191. The highest BCUT2D eigenvalue weighted by Crippen LogP contribution is 2.41. The van der Waals surface area contributed by atoms with Crippen LogP contribution >= 0.6 is 0 Å². The van der Waals surface area contributed by atoms with Crippen LogP contribution in [0, 0.1) is 11.5 Å². The summed E-state index contributed by atoms with van der Waals surface area (Å²) in [6.45, 7) is 19.3. The van der Waals surface area contributed by atoms with E-state index in [0.717, 1.165) is 43.8 Å². The molecule has 1 aliphatic heterocycles. The molecule has 43 heavy (non-hydrogen) atoms. The van der Waals surface area contributed by atoms with E-state index in [-0.39, 0.29) is 12.2 Å². The van der Waals surface area contributed by atoms with E-state index in [1.54, 1.807) is 12.3 Å². The summed E-state index contributed by atoms with van der Waals surface area (Å²) in [5, 5.41) is 16.7. The van der Waals surface area contributed by atoms with Gasteiger partial charge in [0.2, 0.25) is 5.95 Å². The number of nitrogens with zero attached hydrogens (tertiary/aromatic N) is 4. The van der Waals surface area contributed by atoms with Crippen molar-refractivity contribution in [3.8, 4) is 11.5 Å². The number of pyridine rings is 1. The van der Waals surface area contributed by atoms with Crippen LogP contribution in [-0.2, 0) is 6.54 Å². The minimum absolute atomic E-state index is 0.171. The van der Waals surface area contributed by atoms with Gasteiger partial charge in [-0.3, -0.25) is 4.79 Å². The second kappa shape index (κ2) is 14.5. The van der Waals surface area contributed by atoms with E-state index < -0.39 is 8.07 Å². The van der Waals surface area contributed by atoms with Crippen molar-refractivity contribution in [3.05, 3.63) is 51.9 Å². The van der Waals surface area contributed by atoms with E-state index in [1.807, 2.05) is 0 Å². The maximum Gasteiger partial charge on any atom is 0.250 e. The number of aliphatic hydroxyl groups excluding tert-OH is 1. The number of hydrogen-bond donors (Lipinski definition) is 4. The molecule has 3 heterocycles. The SMILES string of the molecule is CC(C)[Si](C#Cc1cc(=O)[nH]c2nc(Nc3ccc(N4CCN(C)CC4)c(CNCCCO)c3)ncc12)(C(C)C)C(C)C. The number of nitrogens with one attached hydrogen (secondary N) is 3. The molecule has 0 bridgehead atoms. The molecule has 9 nitrogen and oxygen atoms in total. The number of piperazine rings is 1. The van der Waals surface area contributed by atoms with Gasteiger partial charge in [-0.25, -0.2) is 4.98 Å². The van der Waals surface area contributed by atoms with Gasteiger partial charge in [-0.05, 0) is 60.4 Å². The van der Waals surface area contributed by atoms with Crippen molar-refractivity contribution in [2.24, 2.45) is 0 Å². The van der Waals surface area contributed by atoms with Crippen molar-refractivity contribution >= 4 is 36.4 Å². The minimum atomic E-state index is -1.97. The van der Waals surface area contributed by atoms with Crippen molar-refractivity contribution in [1.29, 1.82) is 0 Å². The number of benzene rings is 1. The highest BCUT2D eigenvalue weighted by atomic mass is 28.3. The average molecular weight is 604 g/mol. The van der Waals surface area contributed by atoms with Crippen LogP contribution in [0.5, 0.6) is 0 Å². The van der Waals surface area contributed by atoms with Crippen molar-refractivity contribution in [2.75, 3.05) is 56.6 Å². The first-order valence-electron chi connectivity index (χ1n) is 15.6. The Labute approximate surface area is 257 Å². The molecule has 0 spiro atoms. The summed E-state index contributed by atoms with van der Waals surface area (Å²) in [6.07, 6.45) is 2.47. The fourth-order valence-electron chi connectivity index (χ4n) is 6.53. The highest BCUT2D eigenvalue weighted by Gasteiger charge is 2.41. The molecule has 4 rings (SSSR count). The molecule has 2 aromatic heterocycles. The van der Waals surface area contributed by atoms with Gasteiger partial charge in [-0.15, -0.1) is 5.54 Å². The maximum atomic E-state index is 12.7. The Morgan fingerprint density at radius 1 is 1.05 bits per heavy atom. The number of H-pyrrole nitrogens is 1. The standard InChI is InChI=1S/C33H49N7O2Si/c1-23(2)43(24(3)4,25(5)6)18-11-26-20-31(42)37-32-29(26)22-35-33(38-32)36-28-9-10-30(40-15-13-39(7)14-16-40)27(19-28)21-34-12-8-17-41/h9-10,19-20,22-25,34,41H,8,12-17,21H2,1-7H3,(H2,35,36,37,38,42). The molecule has 0 amide bonds. The largest absolute Gasteiger partial charge is 0.396 e. The number of anilines is 3. The second-order valence-corrected chi connectivity index (χ2v) is 18.2. The van der Waals surface area contributed by atoms with E-state index in [0.29, 0.717) is 46.7 Å². The van der Waals surface area contributed by atoms with Gasteiger partial charge in [0.1, 0.15) is 13.7 Å². The third-order valence-corrected chi connectivity index (χ3v) is 15.2. The van der Waals surface area contributed by atoms with Crippen molar-refractivity contribution in [1.82, 2.24) is 25.2 Å². The summed E-state index contributed by atoms with van der Waals surface area (Å²) in [5.74, 6) is 3.83. The van der Waals surface area contributed by atoms with Crippen LogP contribution < -0.4 is 21.1 Å². The molecule has 1 aromatic carbocycles. The van der Waals surface area contributed by atoms with Gasteiger partial charge in [0, 0.05) is 68.5 Å². The summed E-state index contributed by atoms with van der Waals surface area (Å²) in [5.41, 5.74) is 9.41. The maximum absolute atomic E-state index is 12.7. The number of aromatic amines is 1. The zero-order valence-electron chi connectivity index (χ0n) is 26.9. The monoisotopic (exact) mass is 603 g/mol. The van der Waals surface area contributed by atoms with Gasteiger partial charge >= 0.3 is 0 Å². The Morgan fingerprint density at radius 3 is 2.40 bits per heavy atom. The van der Waals surface area contributed by atoms with Gasteiger partial charge in [0.25, 0.3) is 5.56 Å². The van der Waals surface area contributed by atoms with E-state index in [4.69, 9.17) is 0 Å². The van der Waals surface area contributed by atoms with Gasteiger partial charge in [-0.1, -0.05) is 47.5 Å². The summed E-state index contributed by atoms with van der Waals surface area (Å²) < 4.78 is 0. The van der Waals surface area contributed by atoms with Gasteiger partial charge in [0.15, 0.2) is 0 Å². The number of likely N-dealkylation sites (N-methyl/N-ethyl adjacent to an activating group) is 1. The Kier molecular flexibility index (Phi) is 11.0.